The average molecular weight is 215 g/mol. The lowest BCUT2D eigenvalue weighted by Crippen LogP contribution is -2.10. The summed E-state index contributed by atoms with van der Waals surface area (Å²) in [6, 6.07) is 8.68. The Morgan fingerprint density at radius 3 is 2.75 bits per heavy atom. The van der Waals surface area contributed by atoms with Gasteiger partial charge in [0.1, 0.15) is 0 Å². The molecule has 84 valence electrons. The van der Waals surface area contributed by atoms with Gasteiger partial charge in [-0.3, -0.25) is 0 Å². The lowest BCUT2D eigenvalue weighted by atomic mass is 10.1. The maximum Gasteiger partial charge on any atom is 0.0949 e. The summed E-state index contributed by atoms with van der Waals surface area (Å²) in [5.41, 5.74) is 2.67. The molecule has 0 unspecified atom stereocenters. The number of nitrogens with zero attached hydrogens (tertiary/aromatic N) is 3. The molecule has 0 radical (unpaired) electrons. The molecule has 16 heavy (non-hydrogen) atoms. The van der Waals surface area contributed by atoms with Crippen LogP contribution in [0.5, 0.6) is 0 Å². The van der Waals surface area contributed by atoms with E-state index in [1.807, 2.05) is 18.7 Å². The molecule has 0 saturated carbocycles. The Bertz CT molecular complexity index is 432. The first-order valence-corrected chi connectivity index (χ1v) is 5.42. The molecule has 1 aromatic heterocycles. The summed E-state index contributed by atoms with van der Waals surface area (Å²) in [4.78, 5) is 6.22. The fourth-order valence-electron chi connectivity index (χ4n) is 1.78. The number of aromatic nitrogens is 2. The van der Waals surface area contributed by atoms with Crippen molar-refractivity contribution in [1.82, 2.24) is 14.5 Å². The summed E-state index contributed by atoms with van der Waals surface area (Å²) in [5.74, 6) is 0. The SMILES string of the molecule is CN(C)Cc1cccc(Cn2ccnc2)c1. The van der Waals surface area contributed by atoms with Crippen LogP contribution in [-0.4, -0.2) is 28.5 Å². The molecule has 0 atom stereocenters. The van der Waals surface area contributed by atoms with Crippen LogP contribution >= 0.6 is 0 Å². The Morgan fingerprint density at radius 2 is 2.06 bits per heavy atom. The second-order valence-electron chi connectivity index (χ2n) is 4.29. The van der Waals surface area contributed by atoms with Crippen molar-refractivity contribution in [2.24, 2.45) is 0 Å². The van der Waals surface area contributed by atoms with Crippen molar-refractivity contribution in [2.45, 2.75) is 13.1 Å². The fraction of sp³-hybridized carbons (Fsp3) is 0.308. The van der Waals surface area contributed by atoms with Gasteiger partial charge in [0.25, 0.3) is 0 Å². The molecular weight excluding hydrogens is 198 g/mol. The van der Waals surface area contributed by atoms with Crippen molar-refractivity contribution in [1.29, 1.82) is 0 Å². The molecule has 3 heteroatoms. The minimum Gasteiger partial charge on any atom is -0.333 e. The molecule has 0 amide bonds. The van der Waals surface area contributed by atoms with E-state index in [1.165, 1.54) is 11.1 Å². The molecule has 2 rings (SSSR count). The zero-order valence-electron chi connectivity index (χ0n) is 9.80. The van der Waals surface area contributed by atoms with Crippen molar-refractivity contribution in [3.63, 3.8) is 0 Å². The minimum atomic E-state index is 0.890. The predicted octanol–water partition coefficient (Wildman–Crippen LogP) is 1.99. The Kier molecular flexibility index (Phi) is 3.37. The van der Waals surface area contributed by atoms with E-state index in [0.29, 0.717) is 0 Å². The Balaban J connectivity index is 2.10. The summed E-state index contributed by atoms with van der Waals surface area (Å²) in [6.07, 6.45) is 5.64. The zero-order valence-corrected chi connectivity index (χ0v) is 9.80. The molecule has 0 spiro atoms. The van der Waals surface area contributed by atoms with Crippen LogP contribution in [0, 0.1) is 0 Å². The maximum atomic E-state index is 4.04. The van der Waals surface area contributed by atoms with E-state index >= 15 is 0 Å². The van der Waals surface area contributed by atoms with Gasteiger partial charge in [0, 0.05) is 25.5 Å². The second-order valence-corrected chi connectivity index (χ2v) is 4.29. The van der Waals surface area contributed by atoms with E-state index in [9.17, 15) is 0 Å². The van der Waals surface area contributed by atoms with Gasteiger partial charge in [0.05, 0.1) is 6.33 Å². The Morgan fingerprint density at radius 1 is 1.25 bits per heavy atom. The molecule has 0 N–H and O–H groups in total. The number of benzene rings is 1. The molecule has 0 bridgehead atoms. The lowest BCUT2D eigenvalue weighted by Gasteiger charge is -2.11. The van der Waals surface area contributed by atoms with Crippen molar-refractivity contribution < 1.29 is 0 Å². The largest absolute Gasteiger partial charge is 0.333 e. The van der Waals surface area contributed by atoms with E-state index < -0.39 is 0 Å². The third-order valence-corrected chi connectivity index (χ3v) is 2.41. The van der Waals surface area contributed by atoms with Gasteiger partial charge in [0.2, 0.25) is 0 Å². The molecule has 0 saturated heterocycles. The van der Waals surface area contributed by atoms with Crippen molar-refractivity contribution in [3.8, 4) is 0 Å². The molecule has 1 heterocycles. The monoisotopic (exact) mass is 215 g/mol. The second kappa shape index (κ2) is 4.94. The fourth-order valence-corrected chi connectivity index (χ4v) is 1.78. The normalized spacial score (nSPS) is 10.9. The molecular formula is C13H17N3. The lowest BCUT2D eigenvalue weighted by molar-refractivity contribution is 0.402. The van der Waals surface area contributed by atoms with Crippen LogP contribution in [0.2, 0.25) is 0 Å². The highest BCUT2D eigenvalue weighted by Gasteiger charge is 1.98. The van der Waals surface area contributed by atoms with Gasteiger partial charge < -0.3 is 9.47 Å². The Labute approximate surface area is 96.3 Å². The summed E-state index contributed by atoms with van der Waals surface area (Å²) in [7, 11) is 4.17. The van der Waals surface area contributed by atoms with E-state index in [0.717, 1.165) is 13.1 Å². The first-order chi connectivity index (χ1) is 7.74. The Hall–Kier alpha value is -1.61. The van der Waals surface area contributed by atoms with E-state index in [2.05, 4.69) is 52.8 Å². The van der Waals surface area contributed by atoms with Crippen LogP contribution < -0.4 is 0 Å². The van der Waals surface area contributed by atoms with Crippen LogP contribution in [0.15, 0.2) is 43.0 Å². The smallest absolute Gasteiger partial charge is 0.0949 e. The van der Waals surface area contributed by atoms with E-state index in [-0.39, 0.29) is 0 Å². The number of rotatable bonds is 4. The summed E-state index contributed by atoms with van der Waals surface area (Å²) >= 11 is 0. The maximum absolute atomic E-state index is 4.04. The van der Waals surface area contributed by atoms with Crippen molar-refractivity contribution >= 4 is 0 Å². The van der Waals surface area contributed by atoms with Gasteiger partial charge in [0.15, 0.2) is 0 Å². The van der Waals surface area contributed by atoms with Gasteiger partial charge in [-0.1, -0.05) is 24.3 Å². The molecule has 2 aromatic rings. The van der Waals surface area contributed by atoms with Crippen LogP contribution in [-0.2, 0) is 13.1 Å². The third kappa shape index (κ3) is 2.94. The van der Waals surface area contributed by atoms with Crippen LogP contribution in [0.3, 0.4) is 0 Å². The predicted molar refractivity (Wildman–Crippen MR) is 65.2 cm³/mol. The molecule has 0 fully saturated rings. The van der Waals surface area contributed by atoms with E-state index in [1.54, 1.807) is 0 Å². The van der Waals surface area contributed by atoms with Gasteiger partial charge in [-0.15, -0.1) is 0 Å². The quantitative estimate of drug-likeness (QED) is 0.777. The van der Waals surface area contributed by atoms with Crippen LogP contribution in [0.25, 0.3) is 0 Å². The number of imidazole rings is 1. The van der Waals surface area contributed by atoms with Gasteiger partial charge >= 0.3 is 0 Å². The minimum absolute atomic E-state index is 0.890. The van der Waals surface area contributed by atoms with Crippen molar-refractivity contribution in [2.75, 3.05) is 14.1 Å². The van der Waals surface area contributed by atoms with E-state index in [4.69, 9.17) is 0 Å². The first-order valence-electron chi connectivity index (χ1n) is 5.42. The number of hydrogen-bond acceptors (Lipinski definition) is 2. The zero-order chi connectivity index (χ0) is 11.4. The van der Waals surface area contributed by atoms with Crippen LogP contribution in [0.1, 0.15) is 11.1 Å². The molecule has 0 aliphatic rings. The summed E-state index contributed by atoms with van der Waals surface area (Å²) in [5, 5.41) is 0. The van der Waals surface area contributed by atoms with Gasteiger partial charge in [-0.05, 0) is 25.2 Å². The van der Waals surface area contributed by atoms with Crippen molar-refractivity contribution in [3.05, 3.63) is 54.1 Å². The van der Waals surface area contributed by atoms with Crippen LogP contribution in [0.4, 0.5) is 0 Å². The summed E-state index contributed by atoms with van der Waals surface area (Å²) < 4.78 is 2.08. The van der Waals surface area contributed by atoms with Gasteiger partial charge in [-0.25, -0.2) is 4.98 Å². The highest BCUT2D eigenvalue weighted by molar-refractivity contribution is 5.23. The molecule has 3 nitrogen and oxygen atoms in total. The third-order valence-electron chi connectivity index (χ3n) is 2.41. The average Bonchev–Trinajstić information content (AvgIpc) is 2.70. The standard InChI is InChI=1S/C13H17N3/c1-15(2)9-12-4-3-5-13(8-12)10-16-7-6-14-11-16/h3-8,11H,9-10H2,1-2H3. The summed E-state index contributed by atoms with van der Waals surface area (Å²) in [6.45, 7) is 1.87. The highest BCUT2D eigenvalue weighted by atomic mass is 15.0. The topological polar surface area (TPSA) is 21.1 Å². The molecule has 0 aliphatic carbocycles. The van der Waals surface area contributed by atoms with Gasteiger partial charge in [-0.2, -0.15) is 0 Å². The first kappa shape index (κ1) is 10.9. The molecule has 0 aliphatic heterocycles. The highest BCUT2D eigenvalue weighted by Crippen LogP contribution is 2.08. The molecule has 1 aromatic carbocycles. The number of hydrogen-bond donors (Lipinski definition) is 0.